The molecule has 3 rings (SSSR count). The largest absolute Gasteiger partial charge is 0.427 e. The number of benzene rings is 1. The van der Waals surface area contributed by atoms with Gasteiger partial charge in [-0.2, -0.15) is 0 Å². The molecule has 1 aliphatic carbocycles. The standard InChI is InChI=1S/C15H17NO3/c1-9(17)19-11-4-3-10-7-13-14(18)15(2,5-6-16-13)12(10)8-11/h3-4,8,13,16H,5-7H2,1-2H3. The molecule has 100 valence electrons. The zero-order valence-electron chi connectivity index (χ0n) is 11.2. The van der Waals surface area contributed by atoms with Crippen LogP contribution in [-0.4, -0.2) is 24.3 Å². The van der Waals surface area contributed by atoms with Gasteiger partial charge in [-0.3, -0.25) is 9.59 Å². The molecule has 19 heavy (non-hydrogen) atoms. The maximum atomic E-state index is 12.5. The lowest BCUT2D eigenvalue weighted by atomic mass is 9.65. The van der Waals surface area contributed by atoms with E-state index in [1.807, 2.05) is 19.1 Å². The van der Waals surface area contributed by atoms with Crippen molar-refractivity contribution in [2.75, 3.05) is 6.54 Å². The van der Waals surface area contributed by atoms with Gasteiger partial charge in [-0.05, 0) is 49.6 Å². The highest BCUT2D eigenvalue weighted by Gasteiger charge is 2.47. The molecule has 1 saturated heterocycles. The van der Waals surface area contributed by atoms with Gasteiger partial charge < -0.3 is 10.1 Å². The number of hydrogen-bond donors (Lipinski definition) is 1. The highest BCUT2D eigenvalue weighted by Crippen LogP contribution is 2.40. The highest BCUT2D eigenvalue weighted by molar-refractivity contribution is 5.97. The summed E-state index contributed by atoms with van der Waals surface area (Å²) in [4.78, 5) is 23.5. The van der Waals surface area contributed by atoms with E-state index in [9.17, 15) is 9.59 Å². The molecule has 2 aliphatic rings. The number of carbonyl (C=O) groups excluding carboxylic acids is 2. The van der Waals surface area contributed by atoms with E-state index < -0.39 is 5.41 Å². The van der Waals surface area contributed by atoms with Crippen molar-refractivity contribution in [3.63, 3.8) is 0 Å². The average molecular weight is 259 g/mol. The van der Waals surface area contributed by atoms with Crippen molar-refractivity contribution in [3.05, 3.63) is 29.3 Å². The molecule has 1 N–H and O–H groups in total. The number of ether oxygens (including phenoxy) is 1. The van der Waals surface area contributed by atoms with Crippen LogP contribution in [0.25, 0.3) is 0 Å². The molecule has 1 heterocycles. The predicted octanol–water partition coefficient (Wildman–Crippen LogP) is 1.36. The van der Waals surface area contributed by atoms with E-state index >= 15 is 0 Å². The Labute approximate surface area is 112 Å². The van der Waals surface area contributed by atoms with E-state index in [-0.39, 0.29) is 17.8 Å². The molecule has 1 aromatic carbocycles. The molecule has 0 saturated carbocycles. The first kappa shape index (κ1) is 12.4. The van der Waals surface area contributed by atoms with Gasteiger partial charge >= 0.3 is 5.97 Å². The van der Waals surface area contributed by atoms with Crippen molar-refractivity contribution in [3.8, 4) is 5.75 Å². The summed E-state index contributed by atoms with van der Waals surface area (Å²) < 4.78 is 5.13. The van der Waals surface area contributed by atoms with Crippen LogP contribution in [0.2, 0.25) is 0 Å². The summed E-state index contributed by atoms with van der Waals surface area (Å²) in [6.45, 7) is 4.23. The fourth-order valence-corrected chi connectivity index (χ4v) is 3.23. The van der Waals surface area contributed by atoms with Crippen LogP contribution in [0.4, 0.5) is 0 Å². The first-order valence-electron chi connectivity index (χ1n) is 6.60. The molecule has 2 bridgehead atoms. The van der Waals surface area contributed by atoms with E-state index in [2.05, 4.69) is 5.32 Å². The normalized spacial score (nSPS) is 28.7. The Morgan fingerprint density at radius 2 is 2.26 bits per heavy atom. The van der Waals surface area contributed by atoms with Crippen LogP contribution >= 0.6 is 0 Å². The first-order valence-corrected chi connectivity index (χ1v) is 6.60. The molecular formula is C15H17NO3. The average Bonchev–Trinajstić information content (AvgIpc) is 2.34. The minimum absolute atomic E-state index is 0.0641. The van der Waals surface area contributed by atoms with Crippen LogP contribution in [0.5, 0.6) is 5.75 Å². The third-order valence-corrected chi connectivity index (χ3v) is 4.24. The summed E-state index contributed by atoms with van der Waals surface area (Å²) in [7, 11) is 0. The van der Waals surface area contributed by atoms with Gasteiger partial charge in [-0.25, -0.2) is 0 Å². The Bertz CT molecular complexity index is 567. The van der Waals surface area contributed by atoms with Crippen molar-refractivity contribution in [2.45, 2.75) is 38.1 Å². The van der Waals surface area contributed by atoms with Crippen LogP contribution in [0.15, 0.2) is 18.2 Å². The number of ketones is 1. The molecule has 0 radical (unpaired) electrons. The number of piperidine rings is 1. The van der Waals surface area contributed by atoms with Crippen molar-refractivity contribution in [1.29, 1.82) is 0 Å². The molecule has 0 amide bonds. The summed E-state index contributed by atoms with van der Waals surface area (Å²) in [6.07, 6.45) is 1.52. The van der Waals surface area contributed by atoms with Gasteiger partial charge in [0.2, 0.25) is 0 Å². The first-order chi connectivity index (χ1) is 9.00. The van der Waals surface area contributed by atoms with Crippen molar-refractivity contribution >= 4 is 11.8 Å². The number of nitrogens with one attached hydrogen (secondary N) is 1. The lowest BCUT2D eigenvalue weighted by molar-refractivity contribution is -0.131. The fraction of sp³-hybridized carbons (Fsp3) is 0.467. The summed E-state index contributed by atoms with van der Waals surface area (Å²) >= 11 is 0. The molecular weight excluding hydrogens is 242 g/mol. The van der Waals surface area contributed by atoms with Crippen LogP contribution in [-0.2, 0) is 21.4 Å². The molecule has 1 fully saturated rings. The molecule has 0 spiro atoms. The minimum Gasteiger partial charge on any atom is -0.427 e. The van der Waals surface area contributed by atoms with Crippen LogP contribution in [0, 0.1) is 0 Å². The van der Waals surface area contributed by atoms with E-state index in [0.717, 1.165) is 24.9 Å². The Kier molecular flexibility index (Phi) is 2.71. The lowest BCUT2D eigenvalue weighted by Gasteiger charge is -2.43. The summed E-state index contributed by atoms with van der Waals surface area (Å²) in [6, 6.07) is 5.56. The van der Waals surface area contributed by atoms with Crippen molar-refractivity contribution in [2.24, 2.45) is 0 Å². The molecule has 2 unspecified atom stereocenters. The third kappa shape index (κ3) is 1.87. The van der Waals surface area contributed by atoms with Crippen LogP contribution < -0.4 is 10.1 Å². The number of esters is 1. The van der Waals surface area contributed by atoms with E-state index in [0.29, 0.717) is 5.75 Å². The molecule has 4 nitrogen and oxygen atoms in total. The quantitative estimate of drug-likeness (QED) is 0.611. The maximum Gasteiger partial charge on any atom is 0.308 e. The molecule has 1 aliphatic heterocycles. The molecule has 2 atom stereocenters. The Morgan fingerprint density at radius 1 is 1.47 bits per heavy atom. The monoisotopic (exact) mass is 259 g/mol. The summed E-state index contributed by atoms with van der Waals surface area (Å²) in [5.41, 5.74) is 1.75. The number of fused-ring (bicyclic) bond motifs is 4. The second-order valence-corrected chi connectivity index (χ2v) is 5.57. The highest BCUT2D eigenvalue weighted by atomic mass is 16.5. The minimum atomic E-state index is -0.445. The van der Waals surface area contributed by atoms with Gasteiger partial charge in [-0.1, -0.05) is 6.07 Å². The van der Waals surface area contributed by atoms with Gasteiger partial charge in [0.15, 0.2) is 5.78 Å². The topological polar surface area (TPSA) is 55.4 Å². The van der Waals surface area contributed by atoms with Crippen LogP contribution in [0.1, 0.15) is 31.4 Å². The predicted molar refractivity (Wildman–Crippen MR) is 70.2 cm³/mol. The van der Waals surface area contributed by atoms with Crippen molar-refractivity contribution in [1.82, 2.24) is 5.32 Å². The van der Waals surface area contributed by atoms with Crippen LogP contribution in [0.3, 0.4) is 0 Å². The Balaban J connectivity index is 2.08. The number of carbonyl (C=O) groups is 2. The van der Waals surface area contributed by atoms with Gasteiger partial charge in [0.25, 0.3) is 0 Å². The van der Waals surface area contributed by atoms with E-state index in [1.54, 1.807) is 6.07 Å². The number of Topliss-reactive ketones (excluding diaryl/α,β-unsaturated/α-hetero) is 1. The summed E-state index contributed by atoms with van der Waals surface area (Å²) in [5, 5.41) is 3.28. The van der Waals surface area contributed by atoms with Gasteiger partial charge in [0.05, 0.1) is 11.5 Å². The van der Waals surface area contributed by atoms with E-state index in [4.69, 9.17) is 4.74 Å². The SMILES string of the molecule is CC(=O)Oc1ccc2c(c1)C1(C)CCNC(C2)C1=O. The second-order valence-electron chi connectivity index (χ2n) is 5.57. The molecule has 0 aromatic heterocycles. The van der Waals surface area contributed by atoms with E-state index in [1.165, 1.54) is 12.5 Å². The second kappa shape index (κ2) is 4.17. The zero-order valence-corrected chi connectivity index (χ0v) is 11.2. The Morgan fingerprint density at radius 3 is 3.00 bits per heavy atom. The summed E-state index contributed by atoms with van der Waals surface area (Å²) in [5.74, 6) is 0.443. The zero-order chi connectivity index (χ0) is 13.6. The molecule has 1 aromatic rings. The van der Waals surface area contributed by atoms with Gasteiger partial charge in [0.1, 0.15) is 5.75 Å². The number of rotatable bonds is 1. The van der Waals surface area contributed by atoms with Gasteiger partial charge in [-0.15, -0.1) is 0 Å². The molecule has 4 heteroatoms. The smallest absolute Gasteiger partial charge is 0.308 e. The fourth-order valence-electron chi connectivity index (χ4n) is 3.23. The van der Waals surface area contributed by atoms with Crippen molar-refractivity contribution < 1.29 is 14.3 Å². The Hall–Kier alpha value is -1.68. The van der Waals surface area contributed by atoms with Gasteiger partial charge in [0, 0.05) is 6.92 Å². The third-order valence-electron chi connectivity index (χ3n) is 4.24. The number of hydrogen-bond acceptors (Lipinski definition) is 4. The lowest BCUT2D eigenvalue weighted by Crippen LogP contribution is -2.57. The maximum absolute atomic E-state index is 12.5.